The van der Waals surface area contributed by atoms with Crippen molar-refractivity contribution in [3.63, 3.8) is 0 Å². The molecule has 0 unspecified atom stereocenters. The van der Waals surface area contributed by atoms with Crippen LogP contribution in [0.2, 0.25) is 0 Å². The lowest BCUT2D eigenvalue weighted by Gasteiger charge is -2.15. The first-order chi connectivity index (χ1) is 13.2. The smallest absolute Gasteiger partial charge is 0.191 e. The Bertz CT molecular complexity index is 937. The fourth-order valence-electron chi connectivity index (χ4n) is 2.94. The van der Waals surface area contributed by atoms with Gasteiger partial charge in [0, 0.05) is 37.5 Å². The molecule has 0 saturated carbocycles. The number of nitrogens with zero attached hydrogens (tertiary/aromatic N) is 2. The summed E-state index contributed by atoms with van der Waals surface area (Å²) in [5.41, 5.74) is 4.22. The molecule has 2 aromatic carbocycles. The van der Waals surface area contributed by atoms with Crippen molar-refractivity contribution in [2.45, 2.75) is 18.8 Å². The molecule has 0 aliphatic rings. The average molecular weight is 383 g/mol. The highest BCUT2D eigenvalue weighted by molar-refractivity contribution is 7.97. The van der Waals surface area contributed by atoms with Gasteiger partial charge in [0.15, 0.2) is 5.96 Å². The van der Waals surface area contributed by atoms with Crippen molar-refractivity contribution in [2.24, 2.45) is 4.99 Å². The van der Waals surface area contributed by atoms with Gasteiger partial charge in [-0.25, -0.2) is 4.39 Å². The molecular weight excluding hydrogens is 359 g/mol. The van der Waals surface area contributed by atoms with Gasteiger partial charge >= 0.3 is 0 Å². The molecule has 0 amide bonds. The standard InChI is InChI=1S/C21H23FN4S/c1-23-21(25-12-15-7-8-18(22)11-17(15)14-27-2)26-13-16-9-10-24-20-6-4-3-5-19(16)20/h3-11H,12-14H2,1-2H3,(H2,23,25,26). The Kier molecular flexibility index (Phi) is 6.65. The number of fused-ring (bicyclic) bond motifs is 1. The second-order valence-corrected chi connectivity index (χ2v) is 6.98. The van der Waals surface area contributed by atoms with E-state index in [0.717, 1.165) is 33.3 Å². The Hall–Kier alpha value is -2.60. The SMILES string of the molecule is CN=C(NCc1ccc(F)cc1CSC)NCc1ccnc2ccccc12. The van der Waals surface area contributed by atoms with Gasteiger partial charge in [-0.1, -0.05) is 24.3 Å². The fraction of sp³-hybridized carbons (Fsp3) is 0.238. The third-order valence-corrected chi connectivity index (χ3v) is 4.92. The van der Waals surface area contributed by atoms with Crippen molar-refractivity contribution in [3.05, 3.63) is 77.2 Å². The van der Waals surface area contributed by atoms with Gasteiger partial charge in [0.25, 0.3) is 0 Å². The lowest BCUT2D eigenvalue weighted by molar-refractivity contribution is 0.625. The molecule has 27 heavy (non-hydrogen) atoms. The highest BCUT2D eigenvalue weighted by Gasteiger charge is 2.07. The van der Waals surface area contributed by atoms with E-state index in [-0.39, 0.29) is 5.82 Å². The van der Waals surface area contributed by atoms with E-state index in [1.807, 2.05) is 42.8 Å². The number of benzene rings is 2. The third kappa shape index (κ3) is 4.98. The largest absolute Gasteiger partial charge is 0.352 e. The van der Waals surface area contributed by atoms with E-state index >= 15 is 0 Å². The van der Waals surface area contributed by atoms with Crippen LogP contribution >= 0.6 is 11.8 Å². The van der Waals surface area contributed by atoms with Gasteiger partial charge in [-0.05, 0) is 47.2 Å². The van der Waals surface area contributed by atoms with Crippen molar-refractivity contribution in [1.29, 1.82) is 0 Å². The topological polar surface area (TPSA) is 49.3 Å². The minimum absolute atomic E-state index is 0.199. The Morgan fingerprint density at radius 2 is 1.81 bits per heavy atom. The minimum atomic E-state index is -0.199. The maximum atomic E-state index is 13.5. The molecule has 1 heterocycles. The molecule has 3 rings (SSSR count). The van der Waals surface area contributed by atoms with Crippen LogP contribution in [-0.4, -0.2) is 24.2 Å². The van der Waals surface area contributed by atoms with Crippen LogP contribution in [-0.2, 0) is 18.8 Å². The number of thioether (sulfide) groups is 1. The second kappa shape index (κ2) is 9.37. The molecule has 0 fully saturated rings. The summed E-state index contributed by atoms with van der Waals surface area (Å²) < 4.78 is 13.5. The Balaban J connectivity index is 1.65. The lowest BCUT2D eigenvalue weighted by Crippen LogP contribution is -2.36. The van der Waals surface area contributed by atoms with E-state index < -0.39 is 0 Å². The van der Waals surface area contributed by atoms with Crippen LogP contribution < -0.4 is 10.6 Å². The van der Waals surface area contributed by atoms with Crippen molar-refractivity contribution >= 4 is 28.6 Å². The first-order valence-corrected chi connectivity index (χ1v) is 10.1. The number of nitrogens with one attached hydrogen (secondary N) is 2. The quantitative estimate of drug-likeness (QED) is 0.498. The number of halogens is 1. The number of rotatable bonds is 6. The second-order valence-electron chi connectivity index (χ2n) is 6.11. The molecule has 0 atom stereocenters. The summed E-state index contributed by atoms with van der Waals surface area (Å²) in [5, 5.41) is 7.79. The summed E-state index contributed by atoms with van der Waals surface area (Å²) in [5.74, 6) is 1.29. The molecule has 2 N–H and O–H groups in total. The molecule has 140 valence electrons. The first kappa shape index (κ1) is 19.2. The zero-order valence-corrected chi connectivity index (χ0v) is 16.3. The number of hydrogen-bond donors (Lipinski definition) is 2. The molecule has 6 heteroatoms. The average Bonchev–Trinajstić information content (AvgIpc) is 2.69. The molecule has 0 radical (unpaired) electrons. The van der Waals surface area contributed by atoms with Gasteiger partial charge in [-0.3, -0.25) is 9.98 Å². The zero-order valence-electron chi connectivity index (χ0n) is 15.5. The van der Waals surface area contributed by atoms with Crippen molar-refractivity contribution < 1.29 is 4.39 Å². The first-order valence-electron chi connectivity index (χ1n) is 8.74. The molecule has 4 nitrogen and oxygen atoms in total. The van der Waals surface area contributed by atoms with Gasteiger partial charge in [0.2, 0.25) is 0 Å². The zero-order chi connectivity index (χ0) is 19.1. The predicted molar refractivity (Wildman–Crippen MR) is 112 cm³/mol. The van der Waals surface area contributed by atoms with E-state index in [1.54, 1.807) is 24.9 Å². The van der Waals surface area contributed by atoms with Crippen LogP contribution in [0.5, 0.6) is 0 Å². The third-order valence-electron chi connectivity index (χ3n) is 4.32. The number of para-hydroxylation sites is 1. The molecular formula is C21H23FN4S. The van der Waals surface area contributed by atoms with Crippen molar-refractivity contribution in [3.8, 4) is 0 Å². The molecule has 0 spiro atoms. The number of aliphatic imine (C=N–C) groups is 1. The maximum Gasteiger partial charge on any atom is 0.191 e. The molecule has 1 aromatic heterocycles. The van der Waals surface area contributed by atoms with Crippen LogP contribution in [0.15, 0.2) is 59.7 Å². The Morgan fingerprint density at radius 3 is 2.59 bits per heavy atom. The maximum absolute atomic E-state index is 13.5. The van der Waals surface area contributed by atoms with E-state index in [4.69, 9.17) is 0 Å². The molecule has 3 aromatic rings. The summed E-state index contributed by atoms with van der Waals surface area (Å²) in [4.78, 5) is 8.68. The van der Waals surface area contributed by atoms with Crippen LogP contribution in [0.4, 0.5) is 4.39 Å². The Morgan fingerprint density at radius 1 is 1.04 bits per heavy atom. The monoisotopic (exact) mass is 382 g/mol. The normalized spacial score (nSPS) is 11.6. The van der Waals surface area contributed by atoms with E-state index in [0.29, 0.717) is 19.0 Å². The molecule has 0 bridgehead atoms. The lowest BCUT2D eigenvalue weighted by atomic mass is 10.1. The van der Waals surface area contributed by atoms with Gasteiger partial charge in [0.1, 0.15) is 5.82 Å². The van der Waals surface area contributed by atoms with Gasteiger partial charge in [-0.2, -0.15) is 11.8 Å². The van der Waals surface area contributed by atoms with E-state index in [1.165, 1.54) is 6.07 Å². The molecule has 0 aliphatic heterocycles. The predicted octanol–water partition coefficient (Wildman–Crippen LogP) is 4.10. The van der Waals surface area contributed by atoms with Crippen LogP contribution in [0.25, 0.3) is 10.9 Å². The molecule has 0 aliphatic carbocycles. The highest BCUT2D eigenvalue weighted by atomic mass is 32.2. The van der Waals surface area contributed by atoms with E-state index in [2.05, 4.69) is 26.7 Å². The van der Waals surface area contributed by atoms with Crippen LogP contribution in [0, 0.1) is 5.82 Å². The Labute approximate surface area is 163 Å². The number of pyridine rings is 1. The van der Waals surface area contributed by atoms with E-state index in [9.17, 15) is 4.39 Å². The summed E-state index contributed by atoms with van der Waals surface area (Å²) in [6, 6.07) is 15.0. The summed E-state index contributed by atoms with van der Waals surface area (Å²) in [7, 11) is 1.74. The van der Waals surface area contributed by atoms with Gasteiger partial charge in [-0.15, -0.1) is 0 Å². The molecule has 0 saturated heterocycles. The minimum Gasteiger partial charge on any atom is -0.352 e. The fourth-order valence-corrected chi connectivity index (χ4v) is 3.52. The van der Waals surface area contributed by atoms with Gasteiger partial charge < -0.3 is 10.6 Å². The van der Waals surface area contributed by atoms with Gasteiger partial charge in [0.05, 0.1) is 5.52 Å². The van der Waals surface area contributed by atoms with Crippen LogP contribution in [0.3, 0.4) is 0 Å². The van der Waals surface area contributed by atoms with Crippen molar-refractivity contribution in [2.75, 3.05) is 13.3 Å². The highest BCUT2D eigenvalue weighted by Crippen LogP contribution is 2.17. The number of guanidine groups is 1. The summed E-state index contributed by atoms with van der Waals surface area (Å²) in [6.45, 7) is 1.23. The summed E-state index contributed by atoms with van der Waals surface area (Å²) in [6.07, 6.45) is 3.84. The number of aromatic nitrogens is 1. The number of hydrogen-bond acceptors (Lipinski definition) is 3. The van der Waals surface area contributed by atoms with Crippen molar-refractivity contribution in [1.82, 2.24) is 15.6 Å². The van der Waals surface area contributed by atoms with Crippen LogP contribution in [0.1, 0.15) is 16.7 Å². The summed E-state index contributed by atoms with van der Waals surface area (Å²) >= 11 is 1.68.